The molecule has 2 aromatic carbocycles. The standard InChI is InChI=1S/C22H23N3O/c1-15-14-19(16(2)23-15)21-24-20-11-7-6-10-18(20)22(26)25(21)13-12-17-8-4-3-5-9-17/h3-11,14,21,23-24H,12-13H2,1-2H3/t21-/m0/s1. The number of nitrogens with one attached hydrogen (secondary N) is 2. The molecule has 0 unspecified atom stereocenters. The second-order valence-electron chi connectivity index (χ2n) is 6.86. The smallest absolute Gasteiger partial charge is 0.257 e. The lowest BCUT2D eigenvalue weighted by molar-refractivity contribution is 0.0685. The van der Waals surface area contributed by atoms with Gasteiger partial charge in [0.25, 0.3) is 5.91 Å². The molecular formula is C22H23N3O. The minimum atomic E-state index is -0.161. The molecule has 0 saturated carbocycles. The minimum absolute atomic E-state index is 0.0820. The number of nitrogens with zero attached hydrogens (tertiary/aromatic N) is 1. The van der Waals surface area contributed by atoms with Crippen molar-refractivity contribution < 1.29 is 4.79 Å². The Kier molecular flexibility index (Phi) is 4.25. The van der Waals surface area contributed by atoms with Crippen LogP contribution in [0.2, 0.25) is 0 Å². The third-order valence-electron chi connectivity index (χ3n) is 4.99. The van der Waals surface area contributed by atoms with Crippen molar-refractivity contribution in [1.29, 1.82) is 0 Å². The minimum Gasteiger partial charge on any atom is -0.362 e. The number of benzene rings is 2. The maximum atomic E-state index is 13.2. The molecule has 0 aliphatic carbocycles. The van der Waals surface area contributed by atoms with E-state index in [0.717, 1.165) is 34.6 Å². The van der Waals surface area contributed by atoms with Crippen LogP contribution in [0.1, 0.15) is 39.0 Å². The number of para-hydroxylation sites is 1. The van der Waals surface area contributed by atoms with Crippen LogP contribution >= 0.6 is 0 Å². The van der Waals surface area contributed by atoms with E-state index in [9.17, 15) is 4.79 Å². The lowest BCUT2D eigenvalue weighted by Crippen LogP contribution is -2.44. The highest BCUT2D eigenvalue weighted by Gasteiger charge is 2.33. The summed E-state index contributed by atoms with van der Waals surface area (Å²) in [6, 6.07) is 20.2. The van der Waals surface area contributed by atoms with E-state index in [4.69, 9.17) is 0 Å². The van der Waals surface area contributed by atoms with Crippen LogP contribution in [0.4, 0.5) is 5.69 Å². The van der Waals surface area contributed by atoms with E-state index in [0.29, 0.717) is 6.54 Å². The monoisotopic (exact) mass is 345 g/mol. The molecule has 1 aliphatic heterocycles. The molecule has 0 radical (unpaired) electrons. The molecule has 132 valence electrons. The van der Waals surface area contributed by atoms with Crippen molar-refractivity contribution in [3.63, 3.8) is 0 Å². The number of aryl methyl sites for hydroxylation is 2. The highest BCUT2D eigenvalue weighted by atomic mass is 16.2. The Balaban J connectivity index is 1.69. The molecular weight excluding hydrogens is 322 g/mol. The van der Waals surface area contributed by atoms with Crippen LogP contribution in [0.15, 0.2) is 60.7 Å². The number of aromatic nitrogens is 1. The Morgan fingerprint density at radius 3 is 2.46 bits per heavy atom. The Morgan fingerprint density at radius 2 is 1.73 bits per heavy atom. The summed E-state index contributed by atoms with van der Waals surface area (Å²) < 4.78 is 0. The lowest BCUT2D eigenvalue weighted by Gasteiger charge is -2.38. The second kappa shape index (κ2) is 6.71. The normalized spacial score (nSPS) is 16.3. The Morgan fingerprint density at radius 1 is 1.00 bits per heavy atom. The van der Waals surface area contributed by atoms with Gasteiger partial charge in [-0.05, 0) is 44.0 Å². The van der Waals surface area contributed by atoms with Gasteiger partial charge in [0.15, 0.2) is 0 Å². The van der Waals surface area contributed by atoms with Crippen molar-refractivity contribution in [3.05, 3.63) is 88.7 Å². The van der Waals surface area contributed by atoms with Gasteiger partial charge in [0, 0.05) is 29.2 Å². The molecule has 0 fully saturated rings. The fourth-order valence-electron chi connectivity index (χ4n) is 3.69. The van der Waals surface area contributed by atoms with Crippen LogP contribution in [-0.2, 0) is 6.42 Å². The first kappa shape index (κ1) is 16.5. The van der Waals surface area contributed by atoms with Crippen LogP contribution in [0.25, 0.3) is 0 Å². The third-order valence-corrected chi connectivity index (χ3v) is 4.99. The Hall–Kier alpha value is -3.01. The highest BCUT2D eigenvalue weighted by molar-refractivity contribution is 6.01. The van der Waals surface area contributed by atoms with E-state index in [-0.39, 0.29) is 12.1 Å². The summed E-state index contributed by atoms with van der Waals surface area (Å²) in [4.78, 5) is 18.5. The first-order valence-corrected chi connectivity index (χ1v) is 9.00. The van der Waals surface area contributed by atoms with E-state index in [2.05, 4.69) is 35.4 Å². The predicted octanol–water partition coefficient (Wildman–Crippen LogP) is 4.44. The van der Waals surface area contributed by atoms with Crippen molar-refractivity contribution in [1.82, 2.24) is 9.88 Å². The average Bonchev–Trinajstić information content (AvgIpc) is 3.00. The Bertz CT molecular complexity index is 930. The van der Waals surface area contributed by atoms with Gasteiger partial charge in [0.1, 0.15) is 6.17 Å². The number of fused-ring (bicyclic) bond motifs is 1. The summed E-state index contributed by atoms with van der Waals surface area (Å²) in [6.07, 6.45) is 0.668. The second-order valence-corrected chi connectivity index (χ2v) is 6.86. The molecule has 4 nitrogen and oxygen atoms in total. The molecule has 1 amide bonds. The number of anilines is 1. The number of amides is 1. The van der Waals surface area contributed by atoms with Gasteiger partial charge in [-0.1, -0.05) is 42.5 Å². The van der Waals surface area contributed by atoms with Crippen LogP contribution in [-0.4, -0.2) is 22.3 Å². The number of carbonyl (C=O) groups is 1. The summed E-state index contributed by atoms with van der Waals surface area (Å²) in [5.74, 6) is 0.0820. The number of H-pyrrole nitrogens is 1. The molecule has 0 saturated heterocycles. The summed E-state index contributed by atoms with van der Waals surface area (Å²) in [7, 11) is 0. The maximum absolute atomic E-state index is 13.2. The van der Waals surface area contributed by atoms with E-state index in [1.807, 2.05) is 54.3 Å². The summed E-state index contributed by atoms with van der Waals surface area (Å²) in [6.45, 7) is 4.77. The van der Waals surface area contributed by atoms with Gasteiger partial charge in [-0.2, -0.15) is 0 Å². The number of hydrogen-bond donors (Lipinski definition) is 2. The fraction of sp³-hybridized carbons (Fsp3) is 0.227. The quantitative estimate of drug-likeness (QED) is 0.734. The number of aromatic amines is 1. The van der Waals surface area contributed by atoms with Gasteiger partial charge in [-0.15, -0.1) is 0 Å². The zero-order chi connectivity index (χ0) is 18.1. The van der Waals surface area contributed by atoms with Crippen LogP contribution in [0.3, 0.4) is 0 Å². The Labute approximate surface area is 153 Å². The number of hydrogen-bond acceptors (Lipinski definition) is 2. The zero-order valence-electron chi connectivity index (χ0n) is 15.1. The largest absolute Gasteiger partial charge is 0.362 e. The van der Waals surface area contributed by atoms with E-state index >= 15 is 0 Å². The summed E-state index contributed by atoms with van der Waals surface area (Å²) in [5, 5.41) is 3.57. The molecule has 4 heteroatoms. The predicted molar refractivity (Wildman–Crippen MR) is 104 cm³/mol. The lowest BCUT2D eigenvalue weighted by atomic mass is 10.0. The molecule has 3 aromatic rings. The number of rotatable bonds is 4. The molecule has 1 atom stereocenters. The molecule has 4 rings (SSSR count). The maximum Gasteiger partial charge on any atom is 0.257 e. The topological polar surface area (TPSA) is 48.1 Å². The SMILES string of the molecule is Cc1cc([C@H]2Nc3ccccc3C(=O)N2CCc2ccccc2)c(C)[nH]1. The van der Waals surface area contributed by atoms with E-state index < -0.39 is 0 Å². The molecule has 0 spiro atoms. The van der Waals surface area contributed by atoms with Crippen molar-refractivity contribution in [2.45, 2.75) is 26.4 Å². The molecule has 0 bridgehead atoms. The van der Waals surface area contributed by atoms with Crippen molar-refractivity contribution in [2.24, 2.45) is 0 Å². The molecule has 2 N–H and O–H groups in total. The number of carbonyl (C=O) groups excluding carboxylic acids is 1. The van der Waals surface area contributed by atoms with Gasteiger partial charge in [-0.25, -0.2) is 0 Å². The van der Waals surface area contributed by atoms with Crippen molar-refractivity contribution in [3.8, 4) is 0 Å². The van der Waals surface area contributed by atoms with Gasteiger partial charge >= 0.3 is 0 Å². The first-order valence-electron chi connectivity index (χ1n) is 9.00. The summed E-state index contributed by atoms with van der Waals surface area (Å²) >= 11 is 0. The third kappa shape index (κ3) is 2.99. The first-order chi connectivity index (χ1) is 12.6. The van der Waals surface area contributed by atoms with Crippen molar-refractivity contribution in [2.75, 3.05) is 11.9 Å². The average molecular weight is 345 g/mol. The molecule has 2 heterocycles. The highest BCUT2D eigenvalue weighted by Crippen LogP contribution is 2.34. The van der Waals surface area contributed by atoms with Crippen LogP contribution < -0.4 is 5.32 Å². The van der Waals surface area contributed by atoms with Gasteiger partial charge in [0.05, 0.1) is 5.56 Å². The molecule has 26 heavy (non-hydrogen) atoms. The summed E-state index contributed by atoms with van der Waals surface area (Å²) in [5.41, 5.74) is 6.20. The van der Waals surface area contributed by atoms with Gasteiger partial charge in [-0.3, -0.25) is 4.79 Å². The van der Waals surface area contributed by atoms with Gasteiger partial charge in [0.2, 0.25) is 0 Å². The molecule has 1 aromatic heterocycles. The fourth-order valence-corrected chi connectivity index (χ4v) is 3.69. The van der Waals surface area contributed by atoms with E-state index in [1.165, 1.54) is 5.56 Å². The van der Waals surface area contributed by atoms with Crippen LogP contribution in [0.5, 0.6) is 0 Å². The van der Waals surface area contributed by atoms with E-state index in [1.54, 1.807) is 0 Å². The zero-order valence-corrected chi connectivity index (χ0v) is 15.1. The molecule has 1 aliphatic rings. The van der Waals surface area contributed by atoms with Crippen molar-refractivity contribution >= 4 is 11.6 Å². The van der Waals surface area contributed by atoms with Crippen LogP contribution in [0, 0.1) is 13.8 Å². The van der Waals surface area contributed by atoms with Gasteiger partial charge < -0.3 is 15.2 Å².